The van der Waals surface area contributed by atoms with E-state index in [1.54, 1.807) is 0 Å². The summed E-state index contributed by atoms with van der Waals surface area (Å²) >= 11 is 0. The van der Waals surface area contributed by atoms with Gasteiger partial charge in [0.15, 0.2) is 0 Å². The molecule has 0 saturated carbocycles. The van der Waals surface area contributed by atoms with Crippen LogP contribution in [0.25, 0.3) is 0 Å². The van der Waals surface area contributed by atoms with Crippen molar-refractivity contribution < 1.29 is 0 Å². The quantitative estimate of drug-likeness (QED) is 0.410. The third kappa shape index (κ3) is 0.716. The first kappa shape index (κ1) is 4.13. The Kier molecular flexibility index (Phi) is 1.10. The predicted octanol–water partition coefficient (Wildman–Crippen LogP) is 0.403. The van der Waals surface area contributed by atoms with E-state index in [1.165, 1.54) is 6.54 Å². The van der Waals surface area contributed by atoms with Crippen molar-refractivity contribution in [3.8, 4) is 0 Å². The SMILES string of the molecule is CN1C[C]CC1. The first-order valence-corrected chi connectivity index (χ1v) is 2.29. The molecular formula is C5H9N. The first-order chi connectivity index (χ1) is 2.89. The van der Waals surface area contributed by atoms with Crippen LogP contribution in [0.1, 0.15) is 6.42 Å². The number of hydrogen-bond donors (Lipinski definition) is 0. The highest BCUT2D eigenvalue weighted by Gasteiger charge is 2.04. The summed E-state index contributed by atoms with van der Waals surface area (Å²) in [6.45, 7) is 2.28. The van der Waals surface area contributed by atoms with Crippen LogP contribution < -0.4 is 0 Å². The van der Waals surface area contributed by atoms with E-state index in [2.05, 4.69) is 18.4 Å². The van der Waals surface area contributed by atoms with Crippen molar-refractivity contribution in [2.24, 2.45) is 0 Å². The Morgan fingerprint density at radius 3 is 2.67 bits per heavy atom. The third-order valence-electron chi connectivity index (χ3n) is 1.05. The van der Waals surface area contributed by atoms with E-state index < -0.39 is 0 Å². The molecular weight excluding hydrogens is 74.1 g/mol. The highest BCUT2D eigenvalue weighted by atomic mass is 15.1. The lowest BCUT2D eigenvalue weighted by Crippen LogP contribution is -2.10. The summed E-state index contributed by atoms with van der Waals surface area (Å²) in [5.74, 6) is 0. The fraction of sp³-hybridized carbons (Fsp3) is 0.800. The maximum Gasteiger partial charge on any atom is 0.00475 e. The average Bonchev–Trinajstić information content (AvgIpc) is 1.86. The molecule has 0 atom stereocenters. The van der Waals surface area contributed by atoms with Crippen LogP contribution in [0.15, 0.2) is 0 Å². The number of hydrogen-bond acceptors (Lipinski definition) is 1. The summed E-state index contributed by atoms with van der Waals surface area (Å²) in [7, 11) is 2.11. The van der Waals surface area contributed by atoms with Gasteiger partial charge in [0.1, 0.15) is 0 Å². The molecule has 1 aliphatic rings. The van der Waals surface area contributed by atoms with E-state index in [4.69, 9.17) is 0 Å². The second-order valence-corrected chi connectivity index (χ2v) is 1.74. The Balaban J connectivity index is 2.18. The molecule has 6 heavy (non-hydrogen) atoms. The van der Waals surface area contributed by atoms with Crippen LogP contribution >= 0.6 is 0 Å². The monoisotopic (exact) mass is 83.1 g/mol. The van der Waals surface area contributed by atoms with E-state index >= 15 is 0 Å². The molecule has 0 aromatic heterocycles. The van der Waals surface area contributed by atoms with Crippen molar-refractivity contribution in [3.05, 3.63) is 6.42 Å². The molecule has 0 spiro atoms. The Morgan fingerprint density at radius 2 is 2.50 bits per heavy atom. The first-order valence-electron chi connectivity index (χ1n) is 2.29. The van der Waals surface area contributed by atoms with Crippen LogP contribution in [0.2, 0.25) is 0 Å². The molecule has 0 aromatic carbocycles. The zero-order chi connectivity index (χ0) is 4.41. The molecule has 34 valence electrons. The largest absolute Gasteiger partial charge is 0.306 e. The zero-order valence-corrected chi connectivity index (χ0v) is 4.07. The molecule has 0 amide bonds. The van der Waals surface area contributed by atoms with Gasteiger partial charge >= 0.3 is 0 Å². The van der Waals surface area contributed by atoms with E-state index in [-0.39, 0.29) is 0 Å². The standard InChI is InChI=1S/C5H9N/c1-6-4-2-3-5-6/h2,4-5H2,1H3. The molecule has 1 heteroatoms. The van der Waals surface area contributed by atoms with E-state index in [0.29, 0.717) is 0 Å². The minimum absolute atomic E-state index is 1.07. The van der Waals surface area contributed by atoms with Gasteiger partial charge in [0.25, 0.3) is 0 Å². The topological polar surface area (TPSA) is 3.24 Å². The molecule has 0 N–H and O–H groups in total. The van der Waals surface area contributed by atoms with Crippen molar-refractivity contribution in [1.29, 1.82) is 0 Å². The second kappa shape index (κ2) is 1.61. The summed E-state index contributed by atoms with van der Waals surface area (Å²) in [6, 6.07) is 0. The molecule has 0 aliphatic carbocycles. The van der Waals surface area contributed by atoms with Crippen LogP contribution in [-0.4, -0.2) is 25.0 Å². The van der Waals surface area contributed by atoms with Crippen LogP contribution in [0, 0.1) is 6.42 Å². The summed E-state index contributed by atoms with van der Waals surface area (Å²) in [5.41, 5.74) is 0. The van der Waals surface area contributed by atoms with Crippen molar-refractivity contribution in [2.75, 3.05) is 20.1 Å². The lowest BCUT2D eigenvalue weighted by atomic mass is 10.4. The molecule has 0 aromatic rings. The highest BCUT2D eigenvalue weighted by Crippen LogP contribution is 2.00. The van der Waals surface area contributed by atoms with Gasteiger partial charge in [-0.25, -0.2) is 0 Å². The Morgan fingerprint density at radius 1 is 1.67 bits per heavy atom. The van der Waals surface area contributed by atoms with Crippen molar-refractivity contribution >= 4 is 0 Å². The van der Waals surface area contributed by atoms with Gasteiger partial charge in [-0.1, -0.05) is 0 Å². The lowest BCUT2D eigenvalue weighted by Gasteiger charge is -2.00. The summed E-state index contributed by atoms with van der Waals surface area (Å²) in [5, 5.41) is 0. The van der Waals surface area contributed by atoms with Gasteiger partial charge < -0.3 is 4.90 Å². The fourth-order valence-corrected chi connectivity index (χ4v) is 0.619. The molecule has 1 nitrogen and oxygen atoms in total. The van der Waals surface area contributed by atoms with Crippen LogP contribution in [-0.2, 0) is 0 Å². The average molecular weight is 83.1 g/mol. The number of rotatable bonds is 0. The van der Waals surface area contributed by atoms with Gasteiger partial charge in [-0.05, 0) is 26.4 Å². The van der Waals surface area contributed by atoms with Gasteiger partial charge in [-0.2, -0.15) is 0 Å². The summed E-state index contributed by atoms with van der Waals surface area (Å²) in [4.78, 5) is 2.25. The summed E-state index contributed by atoms with van der Waals surface area (Å²) < 4.78 is 0. The molecule has 2 radical (unpaired) electrons. The van der Waals surface area contributed by atoms with E-state index in [0.717, 1.165) is 13.0 Å². The van der Waals surface area contributed by atoms with Crippen LogP contribution in [0.5, 0.6) is 0 Å². The van der Waals surface area contributed by atoms with Gasteiger partial charge in [0.2, 0.25) is 0 Å². The Bertz CT molecular complexity index is 37.2. The van der Waals surface area contributed by atoms with Crippen LogP contribution in [0.4, 0.5) is 0 Å². The molecule has 1 aliphatic heterocycles. The number of nitrogens with zero attached hydrogens (tertiary/aromatic N) is 1. The zero-order valence-electron chi connectivity index (χ0n) is 4.07. The normalized spacial score (nSPS) is 25.5. The maximum absolute atomic E-state index is 3.20. The fourth-order valence-electron chi connectivity index (χ4n) is 0.619. The van der Waals surface area contributed by atoms with Gasteiger partial charge in [0, 0.05) is 6.54 Å². The molecule has 1 saturated heterocycles. The minimum Gasteiger partial charge on any atom is -0.306 e. The second-order valence-electron chi connectivity index (χ2n) is 1.74. The molecule has 1 fully saturated rings. The Labute approximate surface area is 39.0 Å². The third-order valence-corrected chi connectivity index (χ3v) is 1.05. The lowest BCUT2D eigenvalue weighted by molar-refractivity contribution is 0.424. The molecule has 0 unspecified atom stereocenters. The highest BCUT2D eigenvalue weighted by molar-refractivity contribution is 4.77. The number of likely N-dealkylation sites (tertiary alicyclic amines) is 1. The molecule has 0 bridgehead atoms. The molecule has 1 heterocycles. The summed E-state index contributed by atoms with van der Waals surface area (Å²) in [6.07, 6.45) is 4.36. The van der Waals surface area contributed by atoms with Crippen molar-refractivity contribution in [3.63, 3.8) is 0 Å². The van der Waals surface area contributed by atoms with Gasteiger partial charge in [-0.3, -0.25) is 0 Å². The van der Waals surface area contributed by atoms with E-state index in [1.807, 2.05) is 0 Å². The van der Waals surface area contributed by atoms with Crippen molar-refractivity contribution in [2.45, 2.75) is 6.42 Å². The maximum atomic E-state index is 3.20. The van der Waals surface area contributed by atoms with Crippen LogP contribution in [0.3, 0.4) is 0 Å². The van der Waals surface area contributed by atoms with Gasteiger partial charge in [0.05, 0.1) is 0 Å². The Hall–Kier alpha value is -0.0400. The molecule has 1 rings (SSSR count). The van der Waals surface area contributed by atoms with Crippen molar-refractivity contribution in [1.82, 2.24) is 4.90 Å². The smallest absolute Gasteiger partial charge is 0.00475 e. The van der Waals surface area contributed by atoms with Gasteiger partial charge in [-0.15, -0.1) is 0 Å². The minimum atomic E-state index is 1.07. The van der Waals surface area contributed by atoms with E-state index in [9.17, 15) is 0 Å². The predicted molar refractivity (Wildman–Crippen MR) is 25.4 cm³/mol.